The summed E-state index contributed by atoms with van der Waals surface area (Å²) in [5, 5.41) is 3.29. The van der Waals surface area contributed by atoms with E-state index in [1.54, 1.807) is 0 Å². The highest BCUT2D eigenvalue weighted by atomic mass is 15.0. The summed E-state index contributed by atoms with van der Waals surface area (Å²) in [6, 6.07) is 2.12. The first kappa shape index (κ1) is 11.4. The van der Waals surface area contributed by atoms with Gasteiger partial charge in [0.2, 0.25) is 0 Å². The first-order valence-electron chi connectivity index (χ1n) is 6.30. The fraction of sp³-hybridized carbons (Fsp3) is 0.692. The van der Waals surface area contributed by atoms with Crippen LogP contribution in [0.3, 0.4) is 0 Å². The van der Waals surface area contributed by atoms with Crippen LogP contribution >= 0.6 is 0 Å². The van der Waals surface area contributed by atoms with Crippen LogP contribution in [0.15, 0.2) is 6.07 Å². The van der Waals surface area contributed by atoms with Crippen molar-refractivity contribution in [1.82, 2.24) is 9.97 Å². The molecule has 0 saturated heterocycles. The summed E-state index contributed by atoms with van der Waals surface area (Å²) in [5.74, 6) is 3.31. The summed E-state index contributed by atoms with van der Waals surface area (Å²) in [7, 11) is 0. The lowest BCUT2D eigenvalue weighted by molar-refractivity contribution is 0.618. The maximum atomic E-state index is 4.67. The third-order valence-corrected chi connectivity index (χ3v) is 2.74. The molecule has 1 aliphatic carbocycles. The zero-order valence-electron chi connectivity index (χ0n) is 10.5. The number of rotatable bonds is 5. The molecule has 0 radical (unpaired) electrons. The largest absolute Gasteiger partial charge is 0.370 e. The molecule has 0 atom stereocenters. The molecule has 0 bridgehead atoms. The van der Waals surface area contributed by atoms with E-state index in [1.807, 2.05) is 0 Å². The molecule has 16 heavy (non-hydrogen) atoms. The Kier molecular flexibility index (Phi) is 3.42. The van der Waals surface area contributed by atoms with Crippen LogP contribution in [0.4, 0.5) is 5.82 Å². The monoisotopic (exact) mass is 219 g/mol. The lowest BCUT2D eigenvalue weighted by atomic mass is 10.1. The van der Waals surface area contributed by atoms with Gasteiger partial charge in [0.15, 0.2) is 0 Å². The second-order valence-electron chi connectivity index (χ2n) is 5.00. The van der Waals surface area contributed by atoms with Crippen LogP contribution in [0.2, 0.25) is 0 Å². The topological polar surface area (TPSA) is 37.8 Å². The van der Waals surface area contributed by atoms with Crippen molar-refractivity contribution in [2.24, 2.45) is 5.92 Å². The van der Waals surface area contributed by atoms with E-state index in [4.69, 9.17) is 0 Å². The van der Waals surface area contributed by atoms with E-state index in [0.29, 0.717) is 11.8 Å². The summed E-state index contributed by atoms with van der Waals surface area (Å²) in [6.07, 6.45) is 3.56. The van der Waals surface area contributed by atoms with Crippen molar-refractivity contribution >= 4 is 5.82 Å². The van der Waals surface area contributed by atoms with Gasteiger partial charge in [0.25, 0.3) is 0 Å². The number of nitrogens with one attached hydrogen (secondary N) is 1. The molecule has 1 aliphatic rings. The molecule has 2 rings (SSSR count). The Balaban J connectivity index is 2.21. The Morgan fingerprint density at radius 2 is 2.12 bits per heavy atom. The highest BCUT2D eigenvalue weighted by Gasteiger charge is 2.26. The summed E-state index contributed by atoms with van der Waals surface area (Å²) in [5.41, 5.74) is 1.24. The van der Waals surface area contributed by atoms with Crippen LogP contribution in [0.5, 0.6) is 0 Å². The van der Waals surface area contributed by atoms with Crippen molar-refractivity contribution in [3.05, 3.63) is 17.6 Å². The SMILES string of the molecule is CCNc1cc(C2CC2)nc(CC(C)C)n1. The Hall–Kier alpha value is -1.12. The molecular formula is C13H21N3. The minimum absolute atomic E-state index is 0.615. The second-order valence-corrected chi connectivity index (χ2v) is 5.00. The van der Waals surface area contributed by atoms with Gasteiger partial charge in [0.1, 0.15) is 11.6 Å². The first-order chi connectivity index (χ1) is 7.69. The first-order valence-corrected chi connectivity index (χ1v) is 6.30. The van der Waals surface area contributed by atoms with Gasteiger partial charge in [-0.1, -0.05) is 13.8 Å². The molecule has 0 aromatic carbocycles. The van der Waals surface area contributed by atoms with Gasteiger partial charge < -0.3 is 5.32 Å². The smallest absolute Gasteiger partial charge is 0.131 e. The molecule has 0 amide bonds. The van der Waals surface area contributed by atoms with E-state index in [0.717, 1.165) is 24.6 Å². The molecule has 1 heterocycles. The van der Waals surface area contributed by atoms with Crippen LogP contribution in [-0.2, 0) is 6.42 Å². The van der Waals surface area contributed by atoms with Crippen molar-refractivity contribution in [2.45, 2.75) is 46.0 Å². The average molecular weight is 219 g/mol. The molecule has 1 fully saturated rings. The predicted octanol–water partition coefficient (Wildman–Crippen LogP) is 2.98. The minimum Gasteiger partial charge on any atom is -0.370 e. The zero-order chi connectivity index (χ0) is 11.5. The highest BCUT2D eigenvalue weighted by Crippen LogP contribution is 2.39. The van der Waals surface area contributed by atoms with Crippen LogP contribution in [0, 0.1) is 5.92 Å². The van der Waals surface area contributed by atoms with Crippen LogP contribution in [-0.4, -0.2) is 16.5 Å². The number of anilines is 1. The van der Waals surface area contributed by atoms with Crippen molar-refractivity contribution < 1.29 is 0 Å². The third kappa shape index (κ3) is 2.94. The molecule has 3 nitrogen and oxygen atoms in total. The predicted molar refractivity (Wildman–Crippen MR) is 66.7 cm³/mol. The van der Waals surface area contributed by atoms with Gasteiger partial charge in [-0.2, -0.15) is 0 Å². The van der Waals surface area contributed by atoms with Crippen LogP contribution in [0.25, 0.3) is 0 Å². The number of hydrogen-bond acceptors (Lipinski definition) is 3. The quantitative estimate of drug-likeness (QED) is 0.827. The van der Waals surface area contributed by atoms with Gasteiger partial charge in [-0.3, -0.25) is 0 Å². The molecule has 88 valence electrons. The van der Waals surface area contributed by atoms with E-state index in [9.17, 15) is 0 Å². The molecule has 3 heteroatoms. The molecular weight excluding hydrogens is 198 g/mol. The Morgan fingerprint density at radius 3 is 2.69 bits per heavy atom. The van der Waals surface area contributed by atoms with E-state index in [-0.39, 0.29) is 0 Å². The highest BCUT2D eigenvalue weighted by molar-refractivity contribution is 5.38. The normalized spacial score (nSPS) is 15.5. The molecule has 1 saturated carbocycles. The van der Waals surface area contributed by atoms with E-state index < -0.39 is 0 Å². The van der Waals surface area contributed by atoms with Gasteiger partial charge in [-0.05, 0) is 25.7 Å². The molecule has 1 N–H and O–H groups in total. The zero-order valence-corrected chi connectivity index (χ0v) is 10.5. The summed E-state index contributed by atoms with van der Waals surface area (Å²) >= 11 is 0. The van der Waals surface area contributed by atoms with E-state index >= 15 is 0 Å². The second kappa shape index (κ2) is 4.81. The standard InChI is InChI=1S/C13H21N3/c1-4-14-12-8-11(10-5-6-10)15-13(16-12)7-9(2)3/h8-10H,4-7H2,1-3H3,(H,14,15,16). The Bertz CT molecular complexity index is 356. The van der Waals surface area contributed by atoms with Gasteiger partial charge >= 0.3 is 0 Å². The van der Waals surface area contributed by atoms with E-state index in [2.05, 4.69) is 42.1 Å². The van der Waals surface area contributed by atoms with Gasteiger partial charge in [-0.25, -0.2) is 9.97 Å². The lowest BCUT2D eigenvalue weighted by Crippen LogP contribution is -2.07. The van der Waals surface area contributed by atoms with Gasteiger partial charge in [-0.15, -0.1) is 0 Å². The van der Waals surface area contributed by atoms with Gasteiger partial charge in [0, 0.05) is 30.6 Å². The Morgan fingerprint density at radius 1 is 1.38 bits per heavy atom. The maximum absolute atomic E-state index is 4.67. The number of hydrogen-bond donors (Lipinski definition) is 1. The summed E-state index contributed by atoms with van der Waals surface area (Å²) in [4.78, 5) is 9.22. The molecule has 0 aliphatic heterocycles. The van der Waals surface area contributed by atoms with Crippen LogP contribution in [0.1, 0.15) is 51.0 Å². The van der Waals surface area contributed by atoms with Crippen molar-refractivity contribution in [3.63, 3.8) is 0 Å². The maximum Gasteiger partial charge on any atom is 0.131 e. The van der Waals surface area contributed by atoms with Crippen LogP contribution < -0.4 is 5.32 Å². The van der Waals surface area contributed by atoms with E-state index in [1.165, 1.54) is 18.5 Å². The molecule has 1 aromatic rings. The summed E-state index contributed by atoms with van der Waals surface area (Å²) < 4.78 is 0. The van der Waals surface area contributed by atoms with Crippen molar-refractivity contribution in [3.8, 4) is 0 Å². The summed E-state index contributed by atoms with van der Waals surface area (Å²) in [6.45, 7) is 7.43. The van der Waals surface area contributed by atoms with Crippen molar-refractivity contribution in [1.29, 1.82) is 0 Å². The number of nitrogens with zero attached hydrogens (tertiary/aromatic N) is 2. The minimum atomic E-state index is 0.615. The molecule has 0 spiro atoms. The third-order valence-electron chi connectivity index (χ3n) is 2.74. The molecule has 1 aromatic heterocycles. The number of aromatic nitrogens is 2. The fourth-order valence-electron chi connectivity index (χ4n) is 1.83. The Labute approximate surface area is 97.7 Å². The lowest BCUT2D eigenvalue weighted by Gasteiger charge is -2.09. The molecule has 0 unspecified atom stereocenters. The fourth-order valence-corrected chi connectivity index (χ4v) is 1.83. The average Bonchev–Trinajstić information content (AvgIpc) is 2.99. The van der Waals surface area contributed by atoms with Crippen molar-refractivity contribution in [2.75, 3.05) is 11.9 Å². The van der Waals surface area contributed by atoms with Gasteiger partial charge in [0.05, 0.1) is 0 Å².